The molecule has 1 aromatic rings. The molecule has 0 saturated heterocycles. The third kappa shape index (κ3) is 4.54. The van der Waals surface area contributed by atoms with Crippen molar-refractivity contribution in [1.29, 1.82) is 0 Å². The molecule has 1 N–H and O–H groups in total. The van der Waals surface area contributed by atoms with Crippen LogP contribution in [0.3, 0.4) is 0 Å². The van der Waals surface area contributed by atoms with Crippen molar-refractivity contribution in [3.05, 3.63) is 17.0 Å². The lowest BCUT2D eigenvalue weighted by Gasteiger charge is -2.20. The number of thiophene rings is 1. The number of hydrogen-bond donors (Lipinski definition) is 1. The summed E-state index contributed by atoms with van der Waals surface area (Å²) in [5.74, 6) is 0. The van der Waals surface area contributed by atoms with Gasteiger partial charge in [0, 0.05) is 13.1 Å². The van der Waals surface area contributed by atoms with E-state index in [1.54, 1.807) is 11.4 Å². The second-order valence-corrected chi connectivity index (χ2v) is 7.66. The minimum Gasteiger partial charge on any atom is -0.392 e. The highest BCUT2D eigenvalue weighted by atomic mass is 32.2. The molecule has 1 aromatic heterocycles. The van der Waals surface area contributed by atoms with Crippen LogP contribution in [0.5, 0.6) is 0 Å². The van der Waals surface area contributed by atoms with Gasteiger partial charge >= 0.3 is 0 Å². The molecule has 0 spiro atoms. The van der Waals surface area contributed by atoms with Gasteiger partial charge in [0.2, 0.25) is 0 Å². The van der Waals surface area contributed by atoms with E-state index in [9.17, 15) is 8.42 Å². The third-order valence-corrected chi connectivity index (χ3v) is 6.21. The topological polar surface area (TPSA) is 60.9 Å². The van der Waals surface area contributed by atoms with Gasteiger partial charge in [-0.3, -0.25) is 0 Å². The highest BCUT2D eigenvalue weighted by Gasteiger charge is 2.24. The zero-order chi connectivity index (χ0) is 14.5. The van der Waals surface area contributed by atoms with Crippen molar-refractivity contribution in [1.82, 2.24) is 9.21 Å². The van der Waals surface area contributed by atoms with Gasteiger partial charge in [0.25, 0.3) is 10.0 Å². The van der Waals surface area contributed by atoms with Gasteiger partial charge in [-0.15, -0.1) is 11.3 Å². The summed E-state index contributed by atoms with van der Waals surface area (Å²) in [6, 6.07) is 1.55. The predicted molar refractivity (Wildman–Crippen MR) is 77.8 cm³/mol. The molecule has 0 aliphatic heterocycles. The number of aliphatic hydroxyl groups is 1. The van der Waals surface area contributed by atoms with Crippen molar-refractivity contribution < 1.29 is 13.5 Å². The molecule has 0 aliphatic rings. The van der Waals surface area contributed by atoms with Gasteiger partial charge in [-0.25, -0.2) is 8.42 Å². The Morgan fingerprint density at radius 1 is 1.32 bits per heavy atom. The van der Waals surface area contributed by atoms with Gasteiger partial charge in [-0.1, -0.05) is 6.92 Å². The smallest absolute Gasteiger partial charge is 0.252 e. The standard InChI is InChI=1S/C12H22N2O3S2/c1-4-14(7-5-6-13(2)3)19(16,17)12-8-11(9-15)10-18-12/h8,10,15H,4-7,9H2,1-3H3. The van der Waals surface area contributed by atoms with Crippen molar-refractivity contribution in [3.8, 4) is 0 Å². The van der Waals surface area contributed by atoms with Crippen molar-refractivity contribution in [2.75, 3.05) is 33.7 Å². The molecule has 0 unspecified atom stereocenters. The first-order chi connectivity index (χ1) is 8.91. The number of nitrogens with zero attached hydrogens (tertiary/aromatic N) is 2. The van der Waals surface area contributed by atoms with E-state index in [4.69, 9.17) is 5.11 Å². The highest BCUT2D eigenvalue weighted by Crippen LogP contribution is 2.24. The molecule has 1 rings (SSSR count). The lowest BCUT2D eigenvalue weighted by molar-refractivity contribution is 0.282. The molecule has 0 radical (unpaired) electrons. The number of rotatable bonds is 8. The molecule has 0 fully saturated rings. The Labute approximate surface area is 119 Å². The van der Waals surface area contributed by atoms with E-state index >= 15 is 0 Å². The molecule has 0 aliphatic carbocycles. The SMILES string of the molecule is CCN(CCCN(C)C)S(=O)(=O)c1cc(CO)cs1. The van der Waals surface area contributed by atoms with Gasteiger partial charge in [-0.05, 0) is 44.1 Å². The molecule has 0 atom stereocenters. The van der Waals surface area contributed by atoms with Gasteiger partial charge in [-0.2, -0.15) is 4.31 Å². The lowest BCUT2D eigenvalue weighted by Crippen LogP contribution is -2.32. The fourth-order valence-electron chi connectivity index (χ4n) is 1.71. The molecule has 110 valence electrons. The van der Waals surface area contributed by atoms with Gasteiger partial charge < -0.3 is 10.0 Å². The summed E-state index contributed by atoms with van der Waals surface area (Å²) < 4.78 is 26.6. The van der Waals surface area contributed by atoms with E-state index in [1.807, 2.05) is 25.9 Å². The number of sulfonamides is 1. The van der Waals surface area contributed by atoms with Crippen LogP contribution < -0.4 is 0 Å². The van der Waals surface area contributed by atoms with Gasteiger partial charge in [0.1, 0.15) is 4.21 Å². The van der Waals surface area contributed by atoms with Gasteiger partial charge in [0.05, 0.1) is 6.61 Å². The van der Waals surface area contributed by atoms with Crippen LogP contribution in [-0.2, 0) is 16.6 Å². The molecule has 0 bridgehead atoms. The van der Waals surface area contributed by atoms with E-state index in [2.05, 4.69) is 0 Å². The normalized spacial score (nSPS) is 12.5. The molecule has 1 heterocycles. The molecule has 5 nitrogen and oxygen atoms in total. The average Bonchev–Trinajstić information content (AvgIpc) is 2.83. The quantitative estimate of drug-likeness (QED) is 0.784. The van der Waals surface area contributed by atoms with Crippen LogP contribution in [0, 0.1) is 0 Å². The molecule has 7 heteroatoms. The van der Waals surface area contributed by atoms with Crippen LogP contribution in [-0.4, -0.2) is 56.5 Å². The van der Waals surface area contributed by atoms with E-state index in [0.29, 0.717) is 22.9 Å². The zero-order valence-corrected chi connectivity index (χ0v) is 13.3. The van der Waals surface area contributed by atoms with Crippen LogP contribution in [0.15, 0.2) is 15.7 Å². The van der Waals surface area contributed by atoms with Crippen LogP contribution in [0.1, 0.15) is 18.9 Å². The van der Waals surface area contributed by atoms with Crippen LogP contribution in [0.25, 0.3) is 0 Å². The molecule has 0 amide bonds. The molecule has 19 heavy (non-hydrogen) atoms. The Balaban J connectivity index is 2.77. The maximum absolute atomic E-state index is 12.4. The fraction of sp³-hybridized carbons (Fsp3) is 0.667. The summed E-state index contributed by atoms with van der Waals surface area (Å²) in [7, 11) is 0.524. The first kappa shape index (κ1) is 16.6. The van der Waals surface area contributed by atoms with E-state index in [0.717, 1.165) is 24.3 Å². The minimum atomic E-state index is -3.42. The molecular weight excluding hydrogens is 284 g/mol. The van der Waals surface area contributed by atoms with Crippen molar-refractivity contribution in [2.24, 2.45) is 0 Å². The molecule has 0 saturated carbocycles. The first-order valence-electron chi connectivity index (χ1n) is 6.25. The maximum atomic E-state index is 12.4. The van der Waals surface area contributed by atoms with Crippen molar-refractivity contribution in [2.45, 2.75) is 24.2 Å². The largest absolute Gasteiger partial charge is 0.392 e. The summed E-state index contributed by atoms with van der Waals surface area (Å²) >= 11 is 1.16. The third-order valence-electron chi connectivity index (χ3n) is 2.77. The Kier molecular flexibility index (Phi) is 6.41. The van der Waals surface area contributed by atoms with Crippen LogP contribution >= 0.6 is 11.3 Å². The van der Waals surface area contributed by atoms with Crippen molar-refractivity contribution >= 4 is 21.4 Å². The van der Waals surface area contributed by atoms with Crippen LogP contribution in [0.4, 0.5) is 0 Å². The second kappa shape index (κ2) is 7.35. The summed E-state index contributed by atoms with van der Waals surface area (Å²) in [6.45, 7) is 3.55. The highest BCUT2D eigenvalue weighted by molar-refractivity contribution is 7.91. The monoisotopic (exact) mass is 306 g/mol. The van der Waals surface area contributed by atoms with Crippen LogP contribution in [0.2, 0.25) is 0 Å². The van der Waals surface area contributed by atoms with E-state index in [1.165, 1.54) is 4.31 Å². The van der Waals surface area contributed by atoms with Gasteiger partial charge in [0.15, 0.2) is 0 Å². The molecule has 0 aromatic carbocycles. The lowest BCUT2D eigenvalue weighted by atomic mass is 10.4. The summed E-state index contributed by atoms with van der Waals surface area (Å²) in [5.41, 5.74) is 0.646. The minimum absolute atomic E-state index is 0.126. The zero-order valence-electron chi connectivity index (χ0n) is 11.7. The summed E-state index contributed by atoms with van der Waals surface area (Å²) in [5, 5.41) is 10.7. The fourth-order valence-corrected chi connectivity index (χ4v) is 4.55. The summed E-state index contributed by atoms with van der Waals surface area (Å²) in [6.07, 6.45) is 0.804. The maximum Gasteiger partial charge on any atom is 0.252 e. The van der Waals surface area contributed by atoms with E-state index in [-0.39, 0.29) is 6.61 Å². The number of aliphatic hydroxyl groups excluding tert-OH is 1. The summed E-state index contributed by atoms with van der Waals surface area (Å²) in [4.78, 5) is 2.04. The number of hydrogen-bond acceptors (Lipinski definition) is 5. The first-order valence-corrected chi connectivity index (χ1v) is 8.57. The Bertz CT molecular complexity index is 483. The average molecular weight is 306 g/mol. The predicted octanol–water partition coefficient (Wildman–Crippen LogP) is 1.20. The Morgan fingerprint density at radius 3 is 2.47 bits per heavy atom. The van der Waals surface area contributed by atoms with E-state index < -0.39 is 10.0 Å². The molecular formula is C12H22N2O3S2. The second-order valence-electron chi connectivity index (χ2n) is 4.59. The Hall–Kier alpha value is -0.470. The van der Waals surface area contributed by atoms with Crippen molar-refractivity contribution in [3.63, 3.8) is 0 Å². The Morgan fingerprint density at radius 2 is 2.00 bits per heavy atom.